The van der Waals surface area contributed by atoms with E-state index in [2.05, 4.69) is 19.7 Å². The summed E-state index contributed by atoms with van der Waals surface area (Å²) in [7, 11) is -2.67. The smallest absolute Gasteiger partial charge is 0.281 e. The summed E-state index contributed by atoms with van der Waals surface area (Å²) in [5.74, 6) is -1.26. The van der Waals surface area contributed by atoms with Crippen molar-refractivity contribution in [2.45, 2.75) is 31.2 Å². The molecule has 0 amide bonds. The van der Waals surface area contributed by atoms with Crippen molar-refractivity contribution in [3.05, 3.63) is 76.3 Å². The zero-order valence-corrected chi connectivity index (χ0v) is 22.6. The van der Waals surface area contributed by atoms with E-state index in [0.717, 1.165) is 29.9 Å². The number of halogens is 2. The normalized spacial score (nSPS) is 13.6. The first kappa shape index (κ1) is 26.7. The number of hydrogen-bond donors (Lipinski definition) is 2. The molecule has 2 aromatic carbocycles. The molecule has 1 fully saturated rings. The number of pyridine rings is 1. The second kappa shape index (κ2) is 10.7. The molecule has 202 valence electrons. The van der Waals surface area contributed by atoms with Crippen LogP contribution in [0.15, 0.2) is 58.7 Å². The summed E-state index contributed by atoms with van der Waals surface area (Å²) < 4.78 is 61.4. The van der Waals surface area contributed by atoms with Crippen molar-refractivity contribution in [2.75, 3.05) is 11.8 Å². The summed E-state index contributed by atoms with van der Waals surface area (Å²) in [4.78, 5) is 13.6. The Morgan fingerprint density at radius 3 is 2.69 bits per heavy atom. The highest BCUT2D eigenvalue weighted by atomic mass is 32.2. The van der Waals surface area contributed by atoms with E-state index >= 15 is 0 Å². The quantitative estimate of drug-likeness (QED) is 0.238. The van der Waals surface area contributed by atoms with Crippen LogP contribution in [0.1, 0.15) is 28.8 Å². The molecule has 0 spiro atoms. The number of nitrogens with one attached hydrogen (secondary N) is 1. The van der Waals surface area contributed by atoms with Gasteiger partial charge in [0.15, 0.2) is 33.3 Å². The fraction of sp³-hybridized carbons (Fsp3) is 0.222. The minimum absolute atomic E-state index is 0.0657. The van der Waals surface area contributed by atoms with E-state index in [1.165, 1.54) is 36.9 Å². The monoisotopic (exact) mass is 570 g/mol. The van der Waals surface area contributed by atoms with E-state index in [9.17, 15) is 22.3 Å². The Morgan fingerprint density at radius 2 is 2.00 bits per heavy atom. The molecule has 8 nitrogen and oxygen atoms in total. The number of phenolic OH excluding ortho intramolecular Hbond substituents is 1. The first-order chi connectivity index (χ1) is 18.6. The van der Waals surface area contributed by atoms with E-state index in [1.807, 2.05) is 0 Å². The van der Waals surface area contributed by atoms with Gasteiger partial charge >= 0.3 is 0 Å². The van der Waals surface area contributed by atoms with Crippen LogP contribution < -0.4 is 9.46 Å². The van der Waals surface area contributed by atoms with Gasteiger partial charge in [0, 0.05) is 22.2 Å². The molecule has 1 aliphatic rings. The van der Waals surface area contributed by atoms with Crippen molar-refractivity contribution >= 4 is 38.4 Å². The topological polar surface area (TPSA) is 114 Å². The highest BCUT2D eigenvalue weighted by Gasteiger charge is 2.27. The van der Waals surface area contributed by atoms with Gasteiger partial charge in [-0.3, -0.25) is 9.71 Å². The van der Waals surface area contributed by atoms with Gasteiger partial charge < -0.3 is 9.84 Å². The zero-order valence-electron chi connectivity index (χ0n) is 21.0. The third-order valence-corrected chi connectivity index (χ3v) is 8.68. The average Bonchev–Trinajstić information content (AvgIpc) is 3.63. The number of ether oxygens (including phenoxy) is 1. The highest BCUT2D eigenvalue weighted by molar-refractivity contribution is 7.92. The Labute approximate surface area is 228 Å². The number of aryl methyl sites for hydroxylation is 1. The Balaban J connectivity index is 1.39. The molecule has 2 heterocycles. The SMILES string of the molecule is COc1cccc(C=Nc2cnc(S(=O)(=O)Nc3nc(-c4ccc(F)c(F)c4)c(CC4CC4)s3)c(C)c2)c1O. The molecule has 1 saturated carbocycles. The molecule has 2 N–H and O–H groups in total. The molecule has 2 aromatic heterocycles. The van der Waals surface area contributed by atoms with Gasteiger partial charge in [-0.25, -0.2) is 18.7 Å². The van der Waals surface area contributed by atoms with Gasteiger partial charge in [0.1, 0.15) is 0 Å². The zero-order chi connectivity index (χ0) is 27.7. The molecule has 4 aromatic rings. The number of nitrogens with zero attached hydrogens (tertiary/aromatic N) is 3. The standard InChI is InChI=1S/C27H24F2N4O4S2/c1-15-10-19(30-13-18-4-3-5-22(37-2)25(18)34)14-31-26(15)39(35,36)33-27-32-24(23(38-27)11-16-6-7-16)17-8-9-20(28)21(29)12-17/h3-5,8-10,12-14,16,34H,6-7,11H2,1-2H3,(H,32,33). The van der Waals surface area contributed by atoms with E-state index in [4.69, 9.17) is 4.74 Å². The summed E-state index contributed by atoms with van der Waals surface area (Å²) in [5, 5.41) is 10.1. The van der Waals surface area contributed by atoms with Crippen molar-refractivity contribution < 1.29 is 27.0 Å². The minimum Gasteiger partial charge on any atom is -0.504 e. The lowest BCUT2D eigenvalue weighted by atomic mass is 10.1. The van der Waals surface area contributed by atoms with Crippen LogP contribution in [0, 0.1) is 24.5 Å². The number of aliphatic imine (C=N–C) groups is 1. The Kier molecular flexibility index (Phi) is 7.32. The Bertz CT molecular complexity index is 1690. The van der Waals surface area contributed by atoms with Gasteiger partial charge in [-0.2, -0.15) is 8.42 Å². The number of para-hydroxylation sites is 1. The third-order valence-electron chi connectivity index (χ3n) is 6.16. The number of anilines is 1. The van der Waals surface area contributed by atoms with Crippen LogP contribution in [0.5, 0.6) is 11.5 Å². The van der Waals surface area contributed by atoms with Gasteiger partial charge in [-0.15, -0.1) is 11.3 Å². The summed E-state index contributed by atoms with van der Waals surface area (Å²) in [6, 6.07) is 10.1. The van der Waals surface area contributed by atoms with Crippen molar-refractivity contribution in [2.24, 2.45) is 10.9 Å². The van der Waals surface area contributed by atoms with Crippen molar-refractivity contribution in [3.63, 3.8) is 0 Å². The number of aromatic nitrogens is 2. The second-order valence-electron chi connectivity index (χ2n) is 9.14. The number of hydrogen-bond acceptors (Lipinski definition) is 8. The van der Waals surface area contributed by atoms with Crippen LogP contribution in [0.2, 0.25) is 0 Å². The van der Waals surface area contributed by atoms with Crippen LogP contribution in [0.25, 0.3) is 11.3 Å². The fourth-order valence-electron chi connectivity index (χ4n) is 4.00. The van der Waals surface area contributed by atoms with E-state index in [-0.39, 0.29) is 15.9 Å². The van der Waals surface area contributed by atoms with Crippen LogP contribution in [0.3, 0.4) is 0 Å². The average molecular weight is 571 g/mol. The summed E-state index contributed by atoms with van der Waals surface area (Å²) in [6.45, 7) is 1.59. The second-order valence-corrected chi connectivity index (χ2v) is 11.8. The van der Waals surface area contributed by atoms with Crippen LogP contribution >= 0.6 is 11.3 Å². The molecular formula is C27H24F2N4O4S2. The molecule has 12 heteroatoms. The van der Waals surface area contributed by atoms with E-state index < -0.39 is 21.7 Å². The largest absolute Gasteiger partial charge is 0.504 e. The summed E-state index contributed by atoms with van der Waals surface area (Å²) in [5.41, 5.74) is 1.97. The highest BCUT2D eigenvalue weighted by Crippen LogP contribution is 2.40. The molecule has 1 aliphatic carbocycles. The third kappa shape index (κ3) is 5.91. The maximum absolute atomic E-state index is 13.9. The van der Waals surface area contributed by atoms with Gasteiger partial charge in [-0.1, -0.05) is 6.07 Å². The maximum Gasteiger partial charge on any atom is 0.281 e. The molecule has 0 saturated heterocycles. The predicted octanol–water partition coefficient (Wildman–Crippen LogP) is 6.01. The molecule has 39 heavy (non-hydrogen) atoms. The maximum atomic E-state index is 13.9. The van der Waals surface area contributed by atoms with E-state index in [1.54, 1.807) is 31.2 Å². The van der Waals surface area contributed by atoms with Gasteiger partial charge in [0.25, 0.3) is 10.0 Å². The molecule has 0 bridgehead atoms. The van der Waals surface area contributed by atoms with Gasteiger partial charge in [0.05, 0.1) is 24.7 Å². The summed E-state index contributed by atoms with van der Waals surface area (Å²) in [6.07, 6.45) is 5.54. The van der Waals surface area contributed by atoms with Crippen LogP contribution in [-0.2, 0) is 16.4 Å². The molecule has 5 rings (SSSR count). The lowest BCUT2D eigenvalue weighted by molar-refractivity contribution is 0.373. The number of sulfonamides is 1. The lowest BCUT2D eigenvalue weighted by Gasteiger charge is -2.08. The van der Waals surface area contributed by atoms with Crippen LogP contribution in [-0.4, -0.2) is 36.8 Å². The van der Waals surface area contributed by atoms with Crippen molar-refractivity contribution in [3.8, 4) is 22.8 Å². The van der Waals surface area contributed by atoms with E-state index in [0.29, 0.717) is 46.2 Å². The minimum atomic E-state index is -4.11. The Hall–Kier alpha value is -3.90. The number of thiazole rings is 1. The number of benzene rings is 2. The van der Waals surface area contributed by atoms with Crippen molar-refractivity contribution in [1.82, 2.24) is 9.97 Å². The molecule has 0 radical (unpaired) electrons. The fourth-order valence-corrected chi connectivity index (χ4v) is 6.49. The first-order valence-corrected chi connectivity index (χ1v) is 14.3. The van der Waals surface area contributed by atoms with Crippen molar-refractivity contribution in [1.29, 1.82) is 0 Å². The van der Waals surface area contributed by atoms with Gasteiger partial charge in [-0.05, 0) is 74.1 Å². The number of rotatable bonds is 9. The number of aromatic hydroxyl groups is 1. The van der Waals surface area contributed by atoms with Gasteiger partial charge in [0.2, 0.25) is 0 Å². The molecule has 0 unspecified atom stereocenters. The summed E-state index contributed by atoms with van der Waals surface area (Å²) >= 11 is 1.17. The number of phenols is 1. The number of methoxy groups -OCH3 is 1. The molecular weight excluding hydrogens is 546 g/mol. The molecule has 0 aliphatic heterocycles. The molecule has 0 atom stereocenters. The first-order valence-electron chi connectivity index (χ1n) is 12.0. The Morgan fingerprint density at radius 1 is 1.21 bits per heavy atom. The van der Waals surface area contributed by atoms with Crippen LogP contribution in [0.4, 0.5) is 19.6 Å². The lowest BCUT2D eigenvalue weighted by Crippen LogP contribution is -2.15. The predicted molar refractivity (Wildman–Crippen MR) is 146 cm³/mol.